The van der Waals surface area contributed by atoms with E-state index in [1.165, 1.54) is 18.4 Å². The number of halogens is 1. The Bertz CT molecular complexity index is 351. The molecule has 0 amide bonds. The minimum absolute atomic E-state index is 0.565. The summed E-state index contributed by atoms with van der Waals surface area (Å²) in [6.07, 6.45) is 2.54. The lowest BCUT2D eigenvalue weighted by molar-refractivity contribution is 0.0416. The van der Waals surface area contributed by atoms with Gasteiger partial charge in [0.15, 0.2) is 0 Å². The molecule has 2 atom stereocenters. The Morgan fingerprint density at radius 3 is 2.79 bits per heavy atom. The normalized spacial score (nSPS) is 21.5. The first kappa shape index (κ1) is 15.0. The maximum atomic E-state index is 5.56. The van der Waals surface area contributed by atoms with Crippen LogP contribution in [0.15, 0.2) is 30.3 Å². The molecule has 0 aromatic heterocycles. The van der Waals surface area contributed by atoms with Crippen LogP contribution in [0.4, 0.5) is 0 Å². The quantitative estimate of drug-likeness (QED) is 0.742. The molecule has 0 saturated carbocycles. The maximum absolute atomic E-state index is 5.56. The number of likely N-dealkylation sites (N-methyl/N-ethyl adjacent to an activating group) is 1. The molecule has 106 valence electrons. The van der Waals surface area contributed by atoms with Gasteiger partial charge in [-0.05, 0) is 31.4 Å². The molecule has 1 aromatic rings. The van der Waals surface area contributed by atoms with Crippen LogP contribution in [0.2, 0.25) is 0 Å². The highest BCUT2D eigenvalue weighted by atomic mass is 79.9. The summed E-state index contributed by atoms with van der Waals surface area (Å²) in [7, 11) is 2.23. The average Bonchev–Trinajstić information content (AvgIpc) is 2.47. The molecule has 1 aliphatic rings. The van der Waals surface area contributed by atoms with Crippen molar-refractivity contribution in [3.8, 4) is 0 Å². The van der Waals surface area contributed by atoms with Crippen molar-refractivity contribution in [2.75, 3.05) is 38.7 Å². The van der Waals surface area contributed by atoms with E-state index in [2.05, 4.69) is 58.2 Å². The van der Waals surface area contributed by atoms with Gasteiger partial charge < -0.3 is 9.64 Å². The Morgan fingerprint density at radius 1 is 1.37 bits per heavy atom. The van der Waals surface area contributed by atoms with Gasteiger partial charge in [-0.2, -0.15) is 0 Å². The summed E-state index contributed by atoms with van der Waals surface area (Å²) in [5.74, 6) is 1.28. The van der Waals surface area contributed by atoms with Gasteiger partial charge in [0, 0.05) is 30.9 Å². The lowest BCUT2D eigenvalue weighted by Crippen LogP contribution is -2.33. The highest BCUT2D eigenvalue weighted by Gasteiger charge is 2.18. The molecular weight excluding hydrogens is 302 g/mol. The first-order valence-corrected chi connectivity index (χ1v) is 8.29. The van der Waals surface area contributed by atoms with Crippen molar-refractivity contribution < 1.29 is 4.74 Å². The third kappa shape index (κ3) is 4.90. The van der Waals surface area contributed by atoms with Crippen molar-refractivity contribution in [3.05, 3.63) is 35.9 Å². The number of rotatable bonds is 6. The van der Waals surface area contributed by atoms with Gasteiger partial charge in [-0.1, -0.05) is 46.3 Å². The number of alkyl halides is 1. The second-order valence-corrected chi connectivity index (χ2v) is 6.21. The summed E-state index contributed by atoms with van der Waals surface area (Å²) in [5.41, 5.74) is 1.42. The number of hydrogen-bond donors (Lipinski definition) is 0. The summed E-state index contributed by atoms with van der Waals surface area (Å²) < 4.78 is 5.56. The lowest BCUT2D eigenvalue weighted by atomic mass is 9.98. The average molecular weight is 326 g/mol. The molecule has 1 aromatic carbocycles. The zero-order valence-corrected chi connectivity index (χ0v) is 13.3. The highest BCUT2D eigenvalue weighted by Crippen LogP contribution is 2.21. The zero-order chi connectivity index (χ0) is 13.5. The fourth-order valence-corrected chi connectivity index (χ4v) is 3.39. The van der Waals surface area contributed by atoms with Crippen molar-refractivity contribution in [1.82, 2.24) is 4.90 Å². The van der Waals surface area contributed by atoms with Crippen molar-refractivity contribution in [2.45, 2.75) is 18.8 Å². The summed E-state index contributed by atoms with van der Waals surface area (Å²) in [5, 5.41) is 1.02. The molecule has 2 rings (SSSR count). The molecular formula is C16H24BrNO. The van der Waals surface area contributed by atoms with E-state index >= 15 is 0 Å². The molecule has 19 heavy (non-hydrogen) atoms. The number of ether oxygens (including phenoxy) is 1. The van der Waals surface area contributed by atoms with Gasteiger partial charge >= 0.3 is 0 Å². The van der Waals surface area contributed by atoms with E-state index in [0.717, 1.165) is 31.6 Å². The van der Waals surface area contributed by atoms with Gasteiger partial charge in [-0.3, -0.25) is 0 Å². The summed E-state index contributed by atoms with van der Waals surface area (Å²) in [6, 6.07) is 10.8. The van der Waals surface area contributed by atoms with Crippen LogP contribution in [0.25, 0.3) is 0 Å². The molecule has 3 heteroatoms. The van der Waals surface area contributed by atoms with Gasteiger partial charge in [-0.15, -0.1) is 0 Å². The smallest absolute Gasteiger partial charge is 0.0506 e. The summed E-state index contributed by atoms with van der Waals surface area (Å²) in [4.78, 5) is 2.46. The molecule has 1 heterocycles. The second-order valence-electron chi connectivity index (χ2n) is 5.57. The molecule has 1 aliphatic heterocycles. The van der Waals surface area contributed by atoms with Gasteiger partial charge in [-0.25, -0.2) is 0 Å². The molecule has 0 N–H and O–H groups in total. The van der Waals surface area contributed by atoms with E-state index in [9.17, 15) is 0 Å². The zero-order valence-electron chi connectivity index (χ0n) is 11.7. The lowest BCUT2D eigenvalue weighted by Gasteiger charge is -2.29. The van der Waals surface area contributed by atoms with Crippen LogP contribution < -0.4 is 0 Å². The number of benzene rings is 1. The van der Waals surface area contributed by atoms with Crippen LogP contribution in [-0.4, -0.2) is 43.6 Å². The number of hydrogen-bond acceptors (Lipinski definition) is 2. The Morgan fingerprint density at radius 2 is 2.16 bits per heavy atom. The molecule has 0 bridgehead atoms. The van der Waals surface area contributed by atoms with Gasteiger partial charge in [0.05, 0.1) is 6.61 Å². The van der Waals surface area contributed by atoms with Crippen LogP contribution in [0.3, 0.4) is 0 Å². The third-order valence-electron chi connectivity index (χ3n) is 3.81. The van der Waals surface area contributed by atoms with Crippen molar-refractivity contribution >= 4 is 15.9 Å². The van der Waals surface area contributed by atoms with Crippen LogP contribution >= 0.6 is 15.9 Å². The van der Waals surface area contributed by atoms with Gasteiger partial charge in [0.25, 0.3) is 0 Å². The molecule has 2 nitrogen and oxygen atoms in total. The van der Waals surface area contributed by atoms with Crippen molar-refractivity contribution in [3.63, 3.8) is 0 Å². The maximum Gasteiger partial charge on any atom is 0.0506 e. The highest BCUT2D eigenvalue weighted by molar-refractivity contribution is 9.09. The van der Waals surface area contributed by atoms with E-state index in [-0.39, 0.29) is 0 Å². The molecule has 1 saturated heterocycles. The van der Waals surface area contributed by atoms with E-state index < -0.39 is 0 Å². The molecule has 1 fully saturated rings. The van der Waals surface area contributed by atoms with Crippen LogP contribution in [-0.2, 0) is 4.74 Å². The minimum Gasteiger partial charge on any atom is -0.381 e. The third-order valence-corrected chi connectivity index (χ3v) is 4.60. The van der Waals surface area contributed by atoms with E-state index in [0.29, 0.717) is 11.8 Å². The molecule has 0 aliphatic carbocycles. The van der Waals surface area contributed by atoms with Crippen molar-refractivity contribution in [2.24, 2.45) is 5.92 Å². The van der Waals surface area contributed by atoms with Gasteiger partial charge in [0.1, 0.15) is 0 Å². The topological polar surface area (TPSA) is 12.5 Å². The Kier molecular flexibility index (Phi) is 6.35. The largest absolute Gasteiger partial charge is 0.381 e. The molecule has 2 unspecified atom stereocenters. The summed E-state index contributed by atoms with van der Waals surface area (Å²) in [6.45, 7) is 4.14. The first-order chi connectivity index (χ1) is 9.29. The Balaban J connectivity index is 1.84. The van der Waals surface area contributed by atoms with Gasteiger partial charge in [0.2, 0.25) is 0 Å². The Labute approximate surface area is 125 Å². The van der Waals surface area contributed by atoms with Crippen LogP contribution in [0.1, 0.15) is 24.3 Å². The fourth-order valence-electron chi connectivity index (χ4n) is 2.81. The SMILES string of the molecule is CN(CC1CCCOC1)CC(CBr)c1ccccc1. The van der Waals surface area contributed by atoms with E-state index in [1.807, 2.05) is 0 Å². The standard InChI is InChI=1S/C16H24BrNO/c1-18(11-14-6-5-9-19-13-14)12-16(10-17)15-7-3-2-4-8-15/h2-4,7-8,14,16H,5-6,9-13H2,1H3. The van der Waals surface area contributed by atoms with Crippen molar-refractivity contribution in [1.29, 1.82) is 0 Å². The predicted octanol–water partition coefficient (Wildman–Crippen LogP) is 3.52. The van der Waals surface area contributed by atoms with Crippen LogP contribution in [0, 0.1) is 5.92 Å². The number of nitrogens with zero attached hydrogens (tertiary/aromatic N) is 1. The second kappa shape index (κ2) is 8.03. The summed E-state index contributed by atoms with van der Waals surface area (Å²) >= 11 is 3.65. The van der Waals surface area contributed by atoms with Crippen LogP contribution in [0.5, 0.6) is 0 Å². The molecule has 0 spiro atoms. The molecule has 0 radical (unpaired) electrons. The predicted molar refractivity (Wildman–Crippen MR) is 84.0 cm³/mol. The first-order valence-electron chi connectivity index (χ1n) is 7.16. The van der Waals surface area contributed by atoms with E-state index in [4.69, 9.17) is 4.74 Å². The fraction of sp³-hybridized carbons (Fsp3) is 0.625. The minimum atomic E-state index is 0.565. The Hall–Kier alpha value is -0.380. The van der Waals surface area contributed by atoms with E-state index in [1.54, 1.807) is 0 Å². The monoisotopic (exact) mass is 325 g/mol.